The SMILES string of the molecule is CCNc1cncc(NC(CN(C)C)C(C)C)n1. The third kappa shape index (κ3) is 4.87. The van der Waals surface area contributed by atoms with Crippen LogP contribution in [0.5, 0.6) is 0 Å². The molecule has 0 saturated heterocycles. The first-order valence-electron chi connectivity index (χ1n) is 6.50. The fourth-order valence-electron chi connectivity index (χ4n) is 1.71. The van der Waals surface area contributed by atoms with E-state index in [0.717, 1.165) is 24.7 Å². The molecule has 5 heteroatoms. The van der Waals surface area contributed by atoms with E-state index in [1.54, 1.807) is 12.4 Å². The molecule has 0 bridgehead atoms. The monoisotopic (exact) mass is 251 g/mol. The van der Waals surface area contributed by atoms with Crippen LogP contribution in [0.15, 0.2) is 12.4 Å². The maximum Gasteiger partial charge on any atom is 0.147 e. The van der Waals surface area contributed by atoms with Gasteiger partial charge in [-0.1, -0.05) is 13.8 Å². The average Bonchev–Trinajstić information content (AvgIpc) is 2.28. The molecule has 1 atom stereocenters. The maximum absolute atomic E-state index is 4.49. The first kappa shape index (κ1) is 14.7. The minimum Gasteiger partial charge on any atom is -0.369 e. The summed E-state index contributed by atoms with van der Waals surface area (Å²) in [6.45, 7) is 8.30. The van der Waals surface area contributed by atoms with Crippen LogP contribution in [-0.4, -0.2) is 48.1 Å². The Morgan fingerprint density at radius 1 is 1.22 bits per heavy atom. The molecule has 1 rings (SSSR count). The van der Waals surface area contributed by atoms with Crippen molar-refractivity contribution in [1.29, 1.82) is 0 Å². The highest BCUT2D eigenvalue weighted by molar-refractivity contribution is 5.42. The van der Waals surface area contributed by atoms with Gasteiger partial charge < -0.3 is 15.5 Å². The van der Waals surface area contributed by atoms with Crippen LogP contribution in [0, 0.1) is 5.92 Å². The van der Waals surface area contributed by atoms with Gasteiger partial charge in [0.25, 0.3) is 0 Å². The Morgan fingerprint density at radius 2 is 1.89 bits per heavy atom. The van der Waals surface area contributed by atoms with Gasteiger partial charge in [-0.25, -0.2) is 4.98 Å². The summed E-state index contributed by atoms with van der Waals surface area (Å²) in [6.07, 6.45) is 3.51. The molecule has 1 aromatic heterocycles. The van der Waals surface area contributed by atoms with Gasteiger partial charge in [0.05, 0.1) is 12.4 Å². The summed E-state index contributed by atoms with van der Waals surface area (Å²) in [5, 5.41) is 6.62. The molecule has 0 saturated carbocycles. The van der Waals surface area contributed by atoms with Gasteiger partial charge in [0.1, 0.15) is 11.6 Å². The van der Waals surface area contributed by atoms with Crippen molar-refractivity contribution >= 4 is 11.6 Å². The predicted octanol–water partition coefficient (Wildman–Crippen LogP) is 1.91. The van der Waals surface area contributed by atoms with Crippen LogP contribution in [0.25, 0.3) is 0 Å². The largest absolute Gasteiger partial charge is 0.369 e. The van der Waals surface area contributed by atoms with Crippen molar-refractivity contribution in [2.24, 2.45) is 5.92 Å². The average molecular weight is 251 g/mol. The molecule has 0 aliphatic carbocycles. The summed E-state index contributed by atoms with van der Waals surface area (Å²) in [4.78, 5) is 10.9. The van der Waals surface area contributed by atoms with Gasteiger partial charge in [0, 0.05) is 19.1 Å². The summed E-state index contributed by atoms with van der Waals surface area (Å²) in [6, 6.07) is 0.367. The summed E-state index contributed by atoms with van der Waals surface area (Å²) in [7, 11) is 4.16. The highest BCUT2D eigenvalue weighted by Gasteiger charge is 2.14. The number of aromatic nitrogens is 2. The van der Waals surface area contributed by atoms with Crippen molar-refractivity contribution in [3.05, 3.63) is 12.4 Å². The smallest absolute Gasteiger partial charge is 0.147 e. The zero-order valence-corrected chi connectivity index (χ0v) is 12.1. The second kappa shape index (κ2) is 7.16. The second-order valence-electron chi connectivity index (χ2n) is 5.08. The molecular weight excluding hydrogens is 226 g/mol. The van der Waals surface area contributed by atoms with Gasteiger partial charge in [-0.2, -0.15) is 0 Å². The van der Waals surface area contributed by atoms with Crippen LogP contribution in [0.4, 0.5) is 11.6 Å². The number of rotatable bonds is 7. The number of likely N-dealkylation sites (N-methyl/N-ethyl adjacent to an activating group) is 1. The summed E-state index contributed by atoms with van der Waals surface area (Å²) in [5.41, 5.74) is 0. The fourth-order valence-corrected chi connectivity index (χ4v) is 1.71. The number of nitrogens with zero attached hydrogens (tertiary/aromatic N) is 3. The van der Waals surface area contributed by atoms with Crippen molar-refractivity contribution in [2.45, 2.75) is 26.8 Å². The lowest BCUT2D eigenvalue weighted by atomic mass is 10.0. The van der Waals surface area contributed by atoms with Crippen molar-refractivity contribution in [3.8, 4) is 0 Å². The van der Waals surface area contributed by atoms with Crippen molar-refractivity contribution in [3.63, 3.8) is 0 Å². The van der Waals surface area contributed by atoms with Crippen LogP contribution in [-0.2, 0) is 0 Å². The fraction of sp³-hybridized carbons (Fsp3) is 0.692. The molecular formula is C13H25N5. The van der Waals surface area contributed by atoms with Gasteiger partial charge in [-0.3, -0.25) is 4.98 Å². The molecule has 0 aliphatic heterocycles. The van der Waals surface area contributed by atoms with E-state index in [4.69, 9.17) is 0 Å². The lowest BCUT2D eigenvalue weighted by molar-refractivity contribution is 0.344. The lowest BCUT2D eigenvalue weighted by Crippen LogP contribution is -2.36. The predicted molar refractivity (Wildman–Crippen MR) is 77.0 cm³/mol. The molecule has 0 spiro atoms. The number of hydrogen-bond donors (Lipinski definition) is 2. The van der Waals surface area contributed by atoms with E-state index >= 15 is 0 Å². The van der Waals surface area contributed by atoms with Crippen LogP contribution in [0.1, 0.15) is 20.8 Å². The molecule has 0 aliphatic rings. The van der Waals surface area contributed by atoms with Crippen molar-refractivity contribution in [1.82, 2.24) is 14.9 Å². The van der Waals surface area contributed by atoms with E-state index in [1.165, 1.54) is 0 Å². The molecule has 0 amide bonds. The van der Waals surface area contributed by atoms with E-state index in [-0.39, 0.29) is 0 Å². The molecule has 1 heterocycles. The minimum absolute atomic E-state index is 0.367. The van der Waals surface area contributed by atoms with E-state index < -0.39 is 0 Å². The molecule has 1 aromatic rings. The first-order chi connectivity index (χ1) is 8.52. The third-order valence-corrected chi connectivity index (χ3v) is 2.69. The van der Waals surface area contributed by atoms with Gasteiger partial charge >= 0.3 is 0 Å². The van der Waals surface area contributed by atoms with E-state index in [9.17, 15) is 0 Å². The minimum atomic E-state index is 0.367. The number of nitrogens with one attached hydrogen (secondary N) is 2. The maximum atomic E-state index is 4.49. The molecule has 5 nitrogen and oxygen atoms in total. The Balaban J connectivity index is 2.70. The lowest BCUT2D eigenvalue weighted by Gasteiger charge is -2.26. The topological polar surface area (TPSA) is 53.1 Å². The molecule has 0 fully saturated rings. The first-order valence-corrected chi connectivity index (χ1v) is 6.50. The standard InChI is InChI=1S/C13H25N5/c1-6-15-12-7-14-8-13(17-12)16-11(10(2)3)9-18(4)5/h7-8,10-11H,6,9H2,1-5H3,(H2,15,16,17). The molecule has 0 aromatic carbocycles. The number of anilines is 2. The zero-order chi connectivity index (χ0) is 13.5. The summed E-state index contributed by atoms with van der Waals surface area (Å²) >= 11 is 0. The quantitative estimate of drug-likeness (QED) is 0.775. The van der Waals surface area contributed by atoms with Crippen LogP contribution in [0.2, 0.25) is 0 Å². The highest BCUT2D eigenvalue weighted by atomic mass is 15.1. The third-order valence-electron chi connectivity index (χ3n) is 2.69. The molecule has 18 heavy (non-hydrogen) atoms. The van der Waals surface area contributed by atoms with Crippen LogP contribution < -0.4 is 10.6 Å². The van der Waals surface area contributed by atoms with Gasteiger partial charge in [-0.15, -0.1) is 0 Å². The van der Waals surface area contributed by atoms with Crippen LogP contribution in [0.3, 0.4) is 0 Å². The van der Waals surface area contributed by atoms with Crippen molar-refractivity contribution in [2.75, 3.05) is 37.8 Å². The summed E-state index contributed by atoms with van der Waals surface area (Å²) in [5.74, 6) is 2.18. The molecule has 1 unspecified atom stereocenters. The Kier molecular flexibility index (Phi) is 5.85. The summed E-state index contributed by atoms with van der Waals surface area (Å²) < 4.78 is 0. The Morgan fingerprint density at radius 3 is 2.44 bits per heavy atom. The van der Waals surface area contributed by atoms with Gasteiger partial charge in [-0.05, 0) is 26.9 Å². The second-order valence-corrected chi connectivity index (χ2v) is 5.08. The highest BCUT2D eigenvalue weighted by Crippen LogP contribution is 2.12. The molecule has 0 radical (unpaired) electrons. The van der Waals surface area contributed by atoms with E-state index in [1.807, 2.05) is 6.92 Å². The normalized spacial score (nSPS) is 12.8. The number of hydrogen-bond acceptors (Lipinski definition) is 5. The van der Waals surface area contributed by atoms with E-state index in [2.05, 4.69) is 53.4 Å². The Hall–Kier alpha value is -1.36. The van der Waals surface area contributed by atoms with Crippen LogP contribution >= 0.6 is 0 Å². The van der Waals surface area contributed by atoms with Crippen molar-refractivity contribution < 1.29 is 0 Å². The van der Waals surface area contributed by atoms with E-state index in [0.29, 0.717) is 12.0 Å². The van der Waals surface area contributed by atoms with Gasteiger partial charge in [0.15, 0.2) is 0 Å². The Labute approximate surface area is 110 Å². The Bertz CT molecular complexity index is 351. The zero-order valence-electron chi connectivity index (χ0n) is 12.1. The molecule has 2 N–H and O–H groups in total. The molecule has 102 valence electrons. The van der Waals surface area contributed by atoms with Gasteiger partial charge in [0.2, 0.25) is 0 Å².